The molecule has 1 saturated carbocycles. The van der Waals surface area contributed by atoms with E-state index < -0.39 is 5.97 Å². The molecule has 0 aromatic heterocycles. The Morgan fingerprint density at radius 1 is 1.41 bits per heavy atom. The van der Waals surface area contributed by atoms with Crippen LogP contribution in [0.3, 0.4) is 0 Å². The molecule has 2 rings (SSSR count). The Labute approximate surface area is 101 Å². The Morgan fingerprint density at radius 3 is 2.59 bits per heavy atom. The molecule has 1 aliphatic rings. The van der Waals surface area contributed by atoms with Crippen LogP contribution in [0.2, 0.25) is 0 Å². The van der Waals surface area contributed by atoms with Crippen LogP contribution < -0.4 is 10.6 Å². The van der Waals surface area contributed by atoms with Crippen molar-refractivity contribution in [3.63, 3.8) is 0 Å². The van der Waals surface area contributed by atoms with Gasteiger partial charge in [-0.1, -0.05) is 12.8 Å². The maximum atomic E-state index is 10.8. The molecule has 92 valence electrons. The number of carboxylic acid groups (broad SMARTS) is 1. The summed E-state index contributed by atoms with van der Waals surface area (Å²) in [5, 5.41) is 8.88. The molecule has 0 bridgehead atoms. The van der Waals surface area contributed by atoms with E-state index in [1.54, 1.807) is 12.1 Å². The van der Waals surface area contributed by atoms with Gasteiger partial charge in [0.1, 0.15) is 0 Å². The first-order chi connectivity index (χ1) is 8.09. The van der Waals surface area contributed by atoms with Crippen LogP contribution in [0.1, 0.15) is 36.0 Å². The molecule has 4 nitrogen and oxygen atoms in total. The fourth-order valence-corrected chi connectivity index (χ4v) is 2.50. The molecule has 0 aliphatic heterocycles. The second kappa shape index (κ2) is 4.65. The summed E-state index contributed by atoms with van der Waals surface area (Å²) in [5.41, 5.74) is 7.64. The fraction of sp³-hybridized carbons (Fsp3) is 0.462. The molecular weight excluding hydrogens is 216 g/mol. The zero-order valence-corrected chi connectivity index (χ0v) is 10.0. The molecular formula is C13H18N2O2. The summed E-state index contributed by atoms with van der Waals surface area (Å²) in [6.45, 7) is 0. The highest BCUT2D eigenvalue weighted by atomic mass is 16.4. The van der Waals surface area contributed by atoms with Crippen molar-refractivity contribution in [1.29, 1.82) is 0 Å². The summed E-state index contributed by atoms with van der Waals surface area (Å²) in [5.74, 6) is -0.938. The van der Waals surface area contributed by atoms with Gasteiger partial charge in [-0.05, 0) is 31.0 Å². The number of nitrogens with zero attached hydrogens (tertiary/aromatic N) is 1. The predicted molar refractivity (Wildman–Crippen MR) is 68.5 cm³/mol. The van der Waals surface area contributed by atoms with Gasteiger partial charge in [-0.3, -0.25) is 0 Å². The number of hydrogen-bond acceptors (Lipinski definition) is 3. The number of rotatable bonds is 3. The molecule has 0 unspecified atom stereocenters. The van der Waals surface area contributed by atoms with E-state index in [0.717, 1.165) is 5.69 Å². The number of benzene rings is 1. The monoisotopic (exact) mass is 234 g/mol. The largest absolute Gasteiger partial charge is 0.478 e. The van der Waals surface area contributed by atoms with Crippen molar-refractivity contribution in [2.24, 2.45) is 0 Å². The third-order valence-corrected chi connectivity index (χ3v) is 3.53. The van der Waals surface area contributed by atoms with Gasteiger partial charge in [0.05, 0.1) is 16.9 Å². The highest BCUT2D eigenvalue weighted by molar-refractivity contribution is 5.90. The molecule has 17 heavy (non-hydrogen) atoms. The van der Waals surface area contributed by atoms with E-state index in [-0.39, 0.29) is 5.56 Å². The number of carboxylic acids is 1. The van der Waals surface area contributed by atoms with E-state index in [1.807, 2.05) is 7.05 Å². The molecule has 1 fully saturated rings. The van der Waals surface area contributed by atoms with E-state index in [1.165, 1.54) is 31.7 Å². The lowest BCUT2D eigenvalue weighted by molar-refractivity contribution is 0.0697. The molecule has 1 aromatic rings. The average Bonchev–Trinajstić information content (AvgIpc) is 2.81. The quantitative estimate of drug-likeness (QED) is 0.788. The molecule has 0 saturated heterocycles. The molecule has 0 heterocycles. The third-order valence-electron chi connectivity index (χ3n) is 3.53. The highest BCUT2D eigenvalue weighted by Gasteiger charge is 2.21. The van der Waals surface area contributed by atoms with Gasteiger partial charge in [-0.15, -0.1) is 0 Å². The van der Waals surface area contributed by atoms with Crippen LogP contribution in [-0.2, 0) is 0 Å². The van der Waals surface area contributed by atoms with Crippen LogP contribution >= 0.6 is 0 Å². The van der Waals surface area contributed by atoms with Crippen molar-refractivity contribution < 1.29 is 9.90 Å². The fourth-order valence-electron chi connectivity index (χ4n) is 2.50. The highest BCUT2D eigenvalue weighted by Crippen LogP contribution is 2.30. The minimum atomic E-state index is -0.938. The minimum Gasteiger partial charge on any atom is -0.478 e. The van der Waals surface area contributed by atoms with Crippen molar-refractivity contribution in [1.82, 2.24) is 0 Å². The van der Waals surface area contributed by atoms with Gasteiger partial charge >= 0.3 is 5.97 Å². The molecule has 0 amide bonds. The molecule has 4 heteroatoms. The van der Waals surface area contributed by atoms with E-state index >= 15 is 0 Å². The van der Waals surface area contributed by atoms with Crippen molar-refractivity contribution in [3.05, 3.63) is 23.8 Å². The van der Waals surface area contributed by atoms with Crippen LogP contribution in [-0.4, -0.2) is 24.2 Å². The molecule has 0 radical (unpaired) electrons. The Hall–Kier alpha value is -1.71. The van der Waals surface area contributed by atoms with Gasteiger partial charge < -0.3 is 15.7 Å². The maximum absolute atomic E-state index is 10.8. The molecule has 0 atom stereocenters. The van der Waals surface area contributed by atoms with Crippen LogP contribution in [0, 0.1) is 0 Å². The maximum Gasteiger partial charge on any atom is 0.335 e. The molecule has 3 N–H and O–H groups in total. The summed E-state index contributed by atoms with van der Waals surface area (Å²) < 4.78 is 0. The number of carbonyl (C=O) groups is 1. The van der Waals surface area contributed by atoms with Gasteiger partial charge in [0.25, 0.3) is 0 Å². The minimum absolute atomic E-state index is 0.242. The lowest BCUT2D eigenvalue weighted by Crippen LogP contribution is -2.29. The summed E-state index contributed by atoms with van der Waals surface area (Å²) in [6, 6.07) is 5.48. The number of nitrogens with two attached hydrogens (primary N) is 1. The van der Waals surface area contributed by atoms with Gasteiger partial charge in [0, 0.05) is 13.1 Å². The van der Waals surface area contributed by atoms with E-state index in [2.05, 4.69) is 4.90 Å². The standard InChI is InChI=1S/C13H18N2O2/c1-15(10-4-2-3-5-10)12-7-6-9(13(16)17)8-11(12)14/h6-8,10H,2-5,14H2,1H3,(H,16,17). The Bertz CT molecular complexity index is 425. The SMILES string of the molecule is CN(c1ccc(C(=O)O)cc1N)C1CCCC1. The summed E-state index contributed by atoms with van der Waals surface area (Å²) >= 11 is 0. The van der Waals surface area contributed by atoms with Gasteiger partial charge in [0.2, 0.25) is 0 Å². The van der Waals surface area contributed by atoms with Crippen LogP contribution in [0.15, 0.2) is 18.2 Å². The summed E-state index contributed by atoms with van der Waals surface area (Å²) in [6.07, 6.45) is 4.91. The van der Waals surface area contributed by atoms with Gasteiger partial charge in [-0.25, -0.2) is 4.79 Å². The Morgan fingerprint density at radius 2 is 2.06 bits per heavy atom. The van der Waals surface area contributed by atoms with E-state index in [4.69, 9.17) is 10.8 Å². The zero-order valence-electron chi connectivity index (χ0n) is 10.0. The second-order valence-corrected chi connectivity index (χ2v) is 4.63. The van der Waals surface area contributed by atoms with Crippen molar-refractivity contribution >= 4 is 17.3 Å². The van der Waals surface area contributed by atoms with Crippen molar-refractivity contribution in [3.8, 4) is 0 Å². The second-order valence-electron chi connectivity index (χ2n) is 4.63. The zero-order chi connectivity index (χ0) is 12.4. The van der Waals surface area contributed by atoms with E-state index in [0.29, 0.717) is 11.7 Å². The van der Waals surface area contributed by atoms with Crippen LogP contribution in [0.5, 0.6) is 0 Å². The van der Waals surface area contributed by atoms with Crippen LogP contribution in [0.25, 0.3) is 0 Å². The lowest BCUT2D eigenvalue weighted by atomic mass is 10.1. The number of aromatic carboxylic acids is 1. The Kier molecular flexibility index (Phi) is 3.22. The third kappa shape index (κ3) is 2.35. The molecule has 1 aliphatic carbocycles. The first-order valence-electron chi connectivity index (χ1n) is 5.95. The van der Waals surface area contributed by atoms with Gasteiger partial charge in [-0.2, -0.15) is 0 Å². The number of anilines is 2. The number of hydrogen-bond donors (Lipinski definition) is 2. The first kappa shape index (κ1) is 11.8. The first-order valence-corrected chi connectivity index (χ1v) is 5.95. The summed E-state index contributed by atoms with van der Waals surface area (Å²) in [4.78, 5) is 13.0. The lowest BCUT2D eigenvalue weighted by Gasteiger charge is -2.27. The van der Waals surface area contributed by atoms with E-state index in [9.17, 15) is 4.79 Å². The molecule has 1 aromatic carbocycles. The normalized spacial score (nSPS) is 16.1. The van der Waals surface area contributed by atoms with Crippen LogP contribution in [0.4, 0.5) is 11.4 Å². The predicted octanol–water partition coefficient (Wildman–Crippen LogP) is 2.35. The average molecular weight is 234 g/mol. The molecule has 0 spiro atoms. The summed E-state index contributed by atoms with van der Waals surface area (Å²) in [7, 11) is 2.03. The topological polar surface area (TPSA) is 66.6 Å². The van der Waals surface area contributed by atoms with Crippen molar-refractivity contribution in [2.75, 3.05) is 17.7 Å². The smallest absolute Gasteiger partial charge is 0.335 e. The number of nitrogen functional groups attached to an aromatic ring is 1. The van der Waals surface area contributed by atoms with Crippen molar-refractivity contribution in [2.45, 2.75) is 31.7 Å². The Balaban J connectivity index is 2.23. The van der Waals surface area contributed by atoms with Gasteiger partial charge in [0.15, 0.2) is 0 Å².